The van der Waals surface area contributed by atoms with Crippen LogP contribution in [0.2, 0.25) is 5.02 Å². The Morgan fingerprint density at radius 1 is 0.806 bits per heavy atom. The van der Waals surface area contributed by atoms with Crippen molar-refractivity contribution in [1.82, 2.24) is 0 Å². The monoisotopic (exact) mass is 521 g/mol. The van der Waals surface area contributed by atoms with Crippen molar-refractivity contribution in [3.05, 3.63) is 21.6 Å². The summed E-state index contributed by atoms with van der Waals surface area (Å²) in [5.41, 5.74) is -2.66. The number of anilines is 1. The number of imide groups is 1. The Morgan fingerprint density at radius 2 is 1.23 bits per heavy atom. The van der Waals surface area contributed by atoms with Gasteiger partial charge in [-0.3, -0.25) is 0 Å². The van der Waals surface area contributed by atoms with Gasteiger partial charge in [-0.05, 0) is 84.3 Å². The van der Waals surface area contributed by atoms with Crippen molar-refractivity contribution in [3.63, 3.8) is 0 Å². The van der Waals surface area contributed by atoms with Crippen LogP contribution in [0.1, 0.15) is 62.3 Å². The lowest BCUT2D eigenvalue weighted by Gasteiger charge is -2.29. The van der Waals surface area contributed by atoms with E-state index in [9.17, 15) is 14.4 Å². The summed E-state index contributed by atoms with van der Waals surface area (Å²) in [6, 6.07) is 2.61. The van der Waals surface area contributed by atoms with Crippen LogP contribution < -0.4 is 9.64 Å². The van der Waals surface area contributed by atoms with Crippen LogP contribution in [-0.2, 0) is 14.2 Å². The Hall–Kier alpha value is -2.00. The lowest BCUT2D eigenvalue weighted by atomic mass is 10.2. The molecule has 10 heteroatoms. The van der Waals surface area contributed by atoms with Gasteiger partial charge in [0.2, 0.25) is 0 Å². The summed E-state index contributed by atoms with van der Waals surface area (Å²) in [7, 11) is 0. The first kappa shape index (κ1) is 27.0. The molecule has 1 aromatic rings. The van der Waals surface area contributed by atoms with Crippen molar-refractivity contribution < 1.29 is 33.3 Å². The molecular formula is C21H29BrClNO7. The van der Waals surface area contributed by atoms with Gasteiger partial charge >= 0.3 is 18.3 Å². The normalized spacial score (nSPS) is 12.1. The van der Waals surface area contributed by atoms with Gasteiger partial charge in [0.15, 0.2) is 5.75 Å². The highest BCUT2D eigenvalue weighted by molar-refractivity contribution is 9.10. The molecule has 0 fully saturated rings. The molecule has 0 saturated heterocycles. The number of halogens is 2. The fourth-order valence-corrected chi connectivity index (χ4v) is 2.82. The smallest absolute Gasteiger partial charge is 0.443 e. The number of nitrogens with zero attached hydrogens (tertiary/aromatic N) is 1. The van der Waals surface area contributed by atoms with E-state index in [1.54, 1.807) is 62.3 Å². The van der Waals surface area contributed by atoms with Gasteiger partial charge in [-0.25, -0.2) is 14.4 Å². The lowest BCUT2D eigenvalue weighted by molar-refractivity contribution is 0.0204. The molecule has 0 aliphatic rings. The van der Waals surface area contributed by atoms with Crippen LogP contribution in [0.15, 0.2) is 16.6 Å². The number of carbonyl (C=O) groups excluding carboxylic acids is 3. The van der Waals surface area contributed by atoms with Crippen molar-refractivity contribution in [3.8, 4) is 5.75 Å². The average Bonchev–Trinajstić information content (AvgIpc) is 2.46. The minimum atomic E-state index is -1.01. The summed E-state index contributed by atoms with van der Waals surface area (Å²) in [5, 5.41) is 0.0140. The second-order valence-electron chi connectivity index (χ2n) is 9.60. The number of hydrogen-bond donors (Lipinski definition) is 0. The van der Waals surface area contributed by atoms with Crippen molar-refractivity contribution in [2.45, 2.75) is 79.1 Å². The molecule has 31 heavy (non-hydrogen) atoms. The molecule has 2 amide bonds. The number of hydrogen-bond acceptors (Lipinski definition) is 7. The second-order valence-corrected chi connectivity index (χ2v) is 10.9. The molecule has 0 heterocycles. The maximum Gasteiger partial charge on any atom is 0.514 e. The van der Waals surface area contributed by atoms with Gasteiger partial charge in [0.1, 0.15) is 16.8 Å². The molecule has 0 aliphatic heterocycles. The summed E-state index contributed by atoms with van der Waals surface area (Å²) < 4.78 is 21.4. The zero-order valence-electron chi connectivity index (χ0n) is 19.2. The first-order chi connectivity index (χ1) is 13.8. The van der Waals surface area contributed by atoms with E-state index < -0.39 is 35.1 Å². The van der Waals surface area contributed by atoms with Crippen molar-refractivity contribution >= 4 is 51.6 Å². The molecule has 0 N–H and O–H groups in total. The highest BCUT2D eigenvalue weighted by Crippen LogP contribution is 2.38. The third-order valence-electron chi connectivity index (χ3n) is 2.98. The fourth-order valence-electron chi connectivity index (χ4n) is 2.01. The van der Waals surface area contributed by atoms with E-state index in [2.05, 4.69) is 15.9 Å². The molecule has 8 nitrogen and oxygen atoms in total. The van der Waals surface area contributed by atoms with Gasteiger partial charge in [-0.15, -0.1) is 0 Å². The molecule has 0 bridgehead atoms. The van der Waals surface area contributed by atoms with Crippen LogP contribution in [0.3, 0.4) is 0 Å². The molecular weight excluding hydrogens is 494 g/mol. The van der Waals surface area contributed by atoms with E-state index in [0.717, 1.165) is 0 Å². The first-order valence-corrected chi connectivity index (χ1v) is 10.6. The molecule has 0 spiro atoms. The Kier molecular flexibility index (Phi) is 8.41. The van der Waals surface area contributed by atoms with Gasteiger partial charge in [0.25, 0.3) is 0 Å². The molecule has 1 rings (SSSR count). The predicted octanol–water partition coefficient (Wildman–Crippen LogP) is 7.09. The highest BCUT2D eigenvalue weighted by atomic mass is 79.9. The number of ether oxygens (including phenoxy) is 4. The maximum absolute atomic E-state index is 12.8. The van der Waals surface area contributed by atoms with Crippen LogP contribution in [0.25, 0.3) is 0 Å². The van der Waals surface area contributed by atoms with E-state index in [-0.39, 0.29) is 16.5 Å². The molecule has 0 saturated carbocycles. The number of amides is 2. The Morgan fingerprint density at radius 3 is 1.61 bits per heavy atom. The van der Waals surface area contributed by atoms with Gasteiger partial charge < -0.3 is 18.9 Å². The zero-order valence-corrected chi connectivity index (χ0v) is 21.6. The summed E-state index contributed by atoms with van der Waals surface area (Å²) >= 11 is 9.55. The molecule has 0 aliphatic carbocycles. The zero-order chi connectivity index (χ0) is 24.4. The summed E-state index contributed by atoms with van der Waals surface area (Å²) in [6.45, 7) is 15.0. The first-order valence-electron chi connectivity index (χ1n) is 9.45. The Balaban J connectivity index is 3.44. The SMILES string of the molecule is CC(C)(C)OC(=O)Oc1cc(N(C(=O)OC(C)(C)C)C(=O)OC(C)(C)C)c(Cl)cc1Br. The Bertz CT molecular complexity index is 823. The third kappa shape index (κ3) is 9.35. The summed E-state index contributed by atoms with van der Waals surface area (Å²) in [4.78, 5) is 38.4. The van der Waals surface area contributed by atoms with Crippen LogP contribution in [-0.4, -0.2) is 35.1 Å². The van der Waals surface area contributed by atoms with Crippen LogP contribution in [0.5, 0.6) is 5.75 Å². The van der Waals surface area contributed by atoms with Gasteiger partial charge in [-0.1, -0.05) is 11.6 Å². The molecule has 174 valence electrons. The van der Waals surface area contributed by atoms with E-state index >= 15 is 0 Å². The van der Waals surface area contributed by atoms with E-state index in [0.29, 0.717) is 9.37 Å². The van der Waals surface area contributed by atoms with E-state index in [1.807, 2.05) is 0 Å². The molecule has 0 aromatic heterocycles. The van der Waals surface area contributed by atoms with Crippen LogP contribution >= 0.6 is 27.5 Å². The molecule has 1 aromatic carbocycles. The minimum absolute atomic E-state index is 0.0140. The van der Waals surface area contributed by atoms with Crippen molar-refractivity contribution in [2.24, 2.45) is 0 Å². The quantitative estimate of drug-likeness (QED) is 0.232. The van der Waals surface area contributed by atoms with Crippen LogP contribution in [0.4, 0.5) is 20.1 Å². The number of carbonyl (C=O) groups is 3. The fraction of sp³-hybridized carbons (Fsp3) is 0.571. The minimum Gasteiger partial charge on any atom is -0.443 e. The second kappa shape index (κ2) is 9.65. The van der Waals surface area contributed by atoms with E-state index in [4.69, 9.17) is 30.5 Å². The highest BCUT2D eigenvalue weighted by Gasteiger charge is 2.35. The van der Waals surface area contributed by atoms with Crippen molar-refractivity contribution in [2.75, 3.05) is 4.90 Å². The predicted molar refractivity (Wildman–Crippen MR) is 121 cm³/mol. The summed E-state index contributed by atoms with van der Waals surface area (Å²) in [5.74, 6) is -0.0224. The van der Waals surface area contributed by atoms with Gasteiger partial charge in [-0.2, -0.15) is 4.90 Å². The molecule has 0 radical (unpaired) electrons. The average molecular weight is 523 g/mol. The van der Waals surface area contributed by atoms with Gasteiger partial charge in [0, 0.05) is 6.07 Å². The largest absolute Gasteiger partial charge is 0.514 e. The van der Waals surface area contributed by atoms with Crippen LogP contribution in [0, 0.1) is 0 Å². The van der Waals surface area contributed by atoms with Gasteiger partial charge in [0.05, 0.1) is 15.2 Å². The number of rotatable bonds is 2. The lowest BCUT2D eigenvalue weighted by Crippen LogP contribution is -2.44. The summed E-state index contributed by atoms with van der Waals surface area (Å²) in [6.07, 6.45) is -2.98. The topological polar surface area (TPSA) is 91.4 Å². The molecule has 0 unspecified atom stereocenters. The number of benzene rings is 1. The van der Waals surface area contributed by atoms with Crippen molar-refractivity contribution in [1.29, 1.82) is 0 Å². The third-order valence-corrected chi connectivity index (χ3v) is 3.90. The Labute approximate surface area is 196 Å². The maximum atomic E-state index is 12.8. The van der Waals surface area contributed by atoms with E-state index in [1.165, 1.54) is 12.1 Å². The molecule has 0 atom stereocenters. The standard InChI is InChI=1S/C21H29BrClNO7/c1-19(2,3)29-16(25)24(17(26)30-20(4,5)6)14-11-15(12(22)10-13(14)23)28-18(27)31-21(7,8)9/h10-11H,1-9H3.